The van der Waals surface area contributed by atoms with E-state index in [9.17, 15) is 1.37 Å². The summed E-state index contributed by atoms with van der Waals surface area (Å²) in [4.78, 5) is 4.42. The predicted molar refractivity (Wildman–Crippen MR) is 199 cm³/mol. The number of hydrogen-bond acceptors (Lipinski definition) is 1. The van der Waals surface area contributed by atoms with E-state index in [1.54, 1.807) is 28.8 Å². The zero-order chi connectivity index (χ0) is 41.7. The molecule has 0 fully saturated rings. The molecule has 222 valence electrons. The number of hydrogen-bond donors (Lipinski definition) is 0. The van der Waals surface area contributed by atoms with Crippen molar-refractivity contribution in [2.75, 3.05) is 0 Å². The van der Waals surface area contributed by atoms with E-state index in [2.05, 4.69) is 4.98 Å². The van der Waals surface area contributed by atoms with Crippen LogP contribution >= 0.6 is 0 Å². The van der Waals surface area contributed by atoms with Gasteiger partial charge in [-0.1, -0.05) is 140 Å². The molecule has 0 unspecified atom stereocenters. The van der Waals surface area contributed by atoms with Gasteiger partial charge in [0.15, 0.2) is 0 Å². The highest BCUT2D eigenvalue weighted by Gasteiger charge is 2.17. The van der Waals surface area contributed by atoms with E-state index in [0.29, 0.717) is 22.3 Å². The van der Waals surface area contributed by atoms with E-state index >= 15 is 0 Å². The largest absolute Gasteiger partial charge is 0.296 e. The summed E-state index contributed by atoms with van der Waals surface area (Å²) in [6.45, 7) is -2.94. The topological polar surface area (TPSA) is 17.8 Å². The minimum atomic E-state index is -2.94. The number of nitrogens with zero attached hydrogens (tertiary/aromatic N) is 2. The summed E-state index contributed by atoms with van der Waals surface area (Å²) in [5.41, 5.74) is 5.89. The maximum absolute atomic E-state index is 9.35. The molecule has 47 heavy (non-hydrogen) atoms. The Morgan fingerprint density at radius 2 is 1.13 bits per heavy atom. The van der Waals surface area contributed by atoms with Gasteiger partial charge >= 0.3 is 0 Å². The zero-order valence-corrected chi connectivity index (χ0v) is 24.9. The van der Waals surface area contributed by atoms with E-state index in [0.717, 1.165) is 43.8 Å². The summed E-state index contributed by atoms with van der Waals surface area (Å²) in [7, 11) is 0. The second-order valence-electron chi connectivity index (χ2n) is 11.3. The molecule has 0 bridgehead atoms. The van der Waals surface area contributed by atoms with Gasteiger partial charge in [0.2, 0.25) is 0 Å². The first kappa shape index (κ1) is 17.6. The van der Waals surface area contributed by atoms with Crippen molar-refractivity contribution in [3.63, 3.8) is 0 Å². The smallest absolute Gasteiger partial charge is 0.114 e. The molecule has 1 heterocycles. The zero-order valence-electron chi connectivity index (χ0n) is 36.9. The van der Waals surface area contributed by atoms with Gasteiger partial charge in [-0.25, -0.2) is 4.98 Å². The number of fused-ring (bicyclic) bond motifs is 4. The van der Waals surface area contributed by atoms with Crippen LogP contribution in [0, 0.1) is 0 Å². The lowest BCUT2D eigenvalue weighted by molar-refractivity contribution is 0.908. The first-order valence-corrected chi connectivity index (χ1v) is 15.2. The maximum atomic E-state index is 9.35. The third-order valence-corrected chi connectivity index (χ3v) is 8.74. The molecule has 0 aliphatic heterocycles. The van der Waals surface area contributed by atoms with Crippen LogP contribution < -0.4 is 0 Å². The Balaban J connectivity index is 1.17. The van der Waals surface area contributed by atoms with Gasteiger partial charge in [0.25, 0.3) is 0 Å². The second kappa shape index (κ2) is 11.1. The molecule has 0 aliphatic rings. The predicted octanol–water partition coefficient (Wildman–Crippen LogP) is 12.0. The Bertz CT molecular complexity index is 3130. The third-order valence-electron chi connectivity index (χ3n) is 8.74. The molecule has 0 saturated carbocycles. The number of aryl methyl sites for hydroxylation is 1. The first-order valence-electron chi connectivity index (χ1n) is 21.2. The molecular weight excluding hydrogens is 569 g/mol. The molecule has 8 aromatic carbocycles. The van der Waals surface area contributed by atoms with Crippen molar-refractivity contribution in [3.8, 4) is 39.1 Å². The average molecular weight is 613 g/mol. The quantitative estimate of drug-likeness (QED) is 0.177. The van der Waals surface area contributed by atoms with Crippen LogP contribution in [0.3, 0.4) is 0 Å². The molecule has 2 heteroatoms. The number of para-hydroxylation sites is 2. The van der Waals surface area contributed by atoms with Crippen LogP contribution in [0.2, 0.25) is 0 Å². The van der Waals surface area contributed by atoms with Crippen molar-refractivity contribution in [2.45, 2.75) is 13.2 Å². The van der Waals surface area contributed by atoms with Crippen LogP contribution in [0.4, 0.5) is 0 Å². The van der Waals surface area contributed by atoms with Gasteiger partial charge in [0.1, 0.15) is 5.82 Å². The highest BCUT2D eigenvalue weighted by atomic mass is 15.1. The lowest BCUT2D eigenvalue weighted by Crippen LogP contribution is -1.99. The molecule has 0 aliphatic carbocycles. The molecule has 0 atom stereocenters. The molecule has 0 spiro atoms. The van der Waals surface area contributed by atoms with Crippen molar-refractivity contribution in [1.29, 1.82) is 0 Å². The normalized spacial score (nSPS) is 15.8. The fourth-order valence-electron chi connectivity index (χ4n) is 6.62. The van der Waals surface area contributed by atoms with E-state index in [1.165, 1.54) is 0 Å². The summed E-state index contributed by atoms with van der Waals surface area (Å²) in [5, 5.41) is 2.86. The number of benzene rings is 8. The molecule has 0 saturated heterocycles. The number of imidazole rings is 1. The third kappa shape index (κ3) is 4.53. The molecular formula is C45H32N2. The fourth-order valence-corrected chi connectivity index (χ4v) is 6.62. The van der Waals surface area contributed by atoms with E-state index < -0.39 is 37.4 Å². The second-order valence-corrected chi connectivity index (χ2v) is 11.3. The van der Waals surface area contributed by atoms with Gasteiger partial charge < -0.3 is 0 Å². The average Bonchev–Trinajstić information content (AvgIpc) is 3.63. The summed E-state index contributed by atoms with van der Waals surface area (Å²) in [6.07, 6.45) is -2.71. The SMILES string of the molecule is [2H]c1c([2H])c([2H])c2c([2H])c(-c3c4ccccc4c(-c4ccc(-c5ccc(-n6c(C([2H])([2H])C([2H])([2H])[2H])nc7ccccc76)cc5)cc4)c4ccccc34)c([2H])c([2H])c2c1[2H]. The van der Waals surface area contributed by atoms with Crippen LogP contribution in [-0.2, 0) is 6.37 Å². The number of rotatable bonds is 5. The lowest BCUT2D eigenvalue weighted by atomic mass is 9.85. The Morgan fingerprint density at radius 1 is 0.574 bits per heavy atom. The van der Waals surface area contributed by atoms with E-state index in [1.807, 2.05) is 97.1 Å². The Labute approximate surface area is 291 Å². The van der Waals surface area contributed by atoms with Crippen LogP contribution in [0.1, 0.15) is 29.1 Å². The molecule has 0 radical (unpaired) electrons. The van der Waals surface area contributed by atoms with Crippen molar-refractivity contribution in [3.05, 3.63) is 169 Å². The van der Waals surface area contributed by atoms with Crippen molar-refractivity contribution in [2.24, 2.45) is 0 Å². The van der Waals surface area contributed by atoms with Gasteiger partial charge in [-0.3, -0.25) is 4.57 Å². The van der Waals surface area contributed by atoms with E-state index in [4.69, 9.17) is 15.1 Å². The molecule has 9 aromatic rings. The molecule has 0 amide bonds. The highest BCUT2D eigenvalue weighted by molar-refractivity contribution is 6.21. The molecule has 0 N–H and O–H groups in total. The summed E-state index contributed by atoms with van der Waals surface area (Å²) in [6, 6.07) is 35.1. The summed E-state index contributed by atoms with van der Waals surface area (Å²) < 4.78 is 103. The summed E-state index contributed by atoms with van der Waals surface area (Å²) in [5.74, 6) is -0.201. The van der Waals surface area contributed by atoms with Crippen LogP contribution in [-0.4, -0.2) is 9.55 Å². The van der Waals surface area contributed by atoms with Gasteiger partial charge in [0.05, 0.1) is 20.6 Å². The van der Waals surface area contributed by atoms with Gasteiger partial charge in [-0.05, 0) is 96.0 Å². The standard InChI is InChI=1S/C45H32N2/c1-2-43-46-41-17-9-10-18-42(41)47(43)36-27-25-32(26-28-36)31-19-22-33(23-20-31)44-37-13-5-7-15-39(37)45(40-16-8-6-14-38(40)44)35-24-21-30-11-3-4-12-34(30)29-35/h3-29H,2H2,1H3/i1D3,2D2,3D,4D,11D,12D,21D,24D,29D. The molecule has 9 rings (SSSR count). The van der Waals surface area contributed by atoms with Crippen molar-refractivity contribution >= 4 is 43.4 Å². The van der Waals surface area contributed by atoms with Gasteiger partial charge in [-0.2, -0.15) is 0 Å². The Hall–Kier alpha value is -5.99. The van der Waals surface area contributed by atoms with E-state index in [-0.39, 0.29) is 40.3 Å². The monoisotopic (exact) mass is 612 g/mol. The van der Waals surface area contributed by atoms with Crippen molar-refractivity contribution in [1.82, 2.24) is 9.55 Å². The van der Waals surface area contributed by atoms with Gasteiger partial charge in [0, 0.05) is 18.9 Å². The van der Waals surface area contributed by atoms with Crippen LogP contribution in [0.15, 0.2) is 164 Å². The molecule has 2 nitrogen and oxygen atoms in total. The number of aromatic nitrogens is 2. The minimum absolute atomic E-state index is 0.0943. The minimum Gasteiger partial charge on any atom is -0.296 e. The fraction of sp³-hybridized carbons (Fsp3) is 0.0444. The Morgan fingerprint density at radius 3 is 1.79 bits per heavy atom. The maximum Gasteiger partial charge on any atom is 0.114 e. The Kier molecular flexibility index (Phi) is 4.17. The van der Waals surface area contributed by atoms with Gasteiger partial charge in [-0.15, -0.1) is 0 Å². The highest BCUT2D eigenvalue weighted by Crippen LogP contribution is 2.44. The van der Waals surface area contributed by atoms with Crippen LogP contribution in [0.25, 0.3) is 82.4 Å². The molecule has 1 aromatic heterocycles. The van der Waals surface area contributed by atoms with Crippen LogP contribution in [0.5, 0.6) is 0 Å². The summed E-state index contributed by atoms with van der Waals surface area (Å²) >= 11 is 0. The lowest BCUT2D eigenvalue weighted by Gasteiger charge is -2.18. The van der Waals surface area contributed by atoms with Crippen molar-refractivity contribution < 1.29 is 16.4 Å². The first-order chi connectivity index (χ1) is 28.1.